The summed E-state index contributed by atoms with van der Waals surface area (Å²) in [5.41, 5.74) is 4.83. The third-order valence-electron chi connectivity index (χ3n) is 4.11. The van der Waals surface area contributed by atoms with Gasteiger partial charge < -0.3 is 5.32 Å². The Labute approximate surface area is 132 Å². The summed E-state index contributed by atoms with van der Waals surface area (Å²) in [6.45, 7) is 8.58. The number of rotatable bonds is 5. The van der Waals surface area contributed by atoms with Gasteiger partial charge in [-0.3, -0.25) is 4.68 Å². The second kappa shape index (κ2) is 6.63. The Morgan fingerprint density at radius 2 is 2.05 bits per heavy atom. The van der Waals surface area contributed by atoms with Crippen LogP contribution in [0.2, 0.25) is 5.02 Å². The highest BCUT2D eigenvalue weighted by atomic mass is 35.5. The predicted molar refractivity (Wildman–Crippen MR) is 88.7 cm³/mol. The molecule has 3 nitrogen and oxygen atoms in total. The summed E-state index contributed by atoms with van der Waals surface area (Å²) >= 11 is 6.11. The van der Waals surface area contributed by atoms with Gasteiger partial charge in [0.2, 0.25) is 0 Å². The van der Waals surface area contributed by atoms with Crippen molar-refractivity contribution >= 4 is 11.6 Å². The molecule has 1 heterocycles. The van der Waals surface area contributed by atoms with Crippen molar-refractivity contribution in [2.75, 3.05) is 0 Å². The van der Waals surface area contributed by atoms with Crippen molar-refractivity contribution in [2.45, 2.75) is 46.2 Å². The fourth-order valence-corrected chi connectivity index (χ4v) is 3.17. The molecular formula is C17H24ClN3. The Kier molecular flexibility index (Phi) is 5.07. The van der Waals surface area contributed by atoms with E-state index in [-0.39, 0.29) is 12.1 Å². The van der Waals surface area contributed by atoms with Gasteiger partial charge >= 0.3 is 0 Å². The summed E-state index contributed by atoms with van der Waals surface area (Å²) < 4.78 is 1.95. The minimum atomic E-state index is 0.252. The standard InChI is InChI=1S/C17H24ClN3/c1-6-16(14-8-7-9-15(18)10-14)19-11(2)17-12(3)20-21(5)13(17)4/h7-11,16,19H,6H2,1-5H3. The average Bonchev–Trinajstić information content (AvgIpc) is 2.69. The molecule has 4 heteroatoms. The molecule has 0 aliphatic carbocycles. The first-order valence-electron chi connectivity index (χ1n) is 7.45. The first kappa shape index (κ1) is 16.1. The van der Waals surface area contributed by atoms with Gasteiger partial charge in [-0.05, 0) is 44.9 Å². The minimum Gasteiger partial charge on any atom is -0.303 e. The summed E-state index contributed by atoms with van der Waals surface area (Å²) in [5.74, 6) is 0. The first-order valence-corrected chi connectivity index (χ1v) is 7.83. The smallest absolute Gasteiger partial charge is 0.0644 e. The topological polar surface area (TPSA) is 29.9 Å². The third kappa shape index (κ3) is 3.47. The Morgan fingerprint density at radius 3 is 2.57 bits per heavy atom. The molecule has 1 N–H and O–H groups in total. The summed E-state index contributed by atoms with van der Waals surface area (Å²) in [6.07, 6.45) is 1.02. The van der Waals surface area contributed by atoms with Crippen molar-refractivity contribution in [3.05, 3.63) is 51.8 Å². The summed E-state index contributed by atoms with van der Waals surface area (Å²) in [7, 11) is 1.99. The van der Waals surface area contributed by atoms with Crippen LogP contribution in [-0.4, -0.2) is 9.78 Å². The highest BCUT2D eigenvalue weighted by Gasteiger charge is 2.19. The van der Waals surface area contributed by atoms with E-state index in [2.05, 4.69) is 44.2 Å². The molecule has 0 aliphatic heterocycles. The van der Waals surface area contributed by atoms with Crippen molar-refractivity contribution in [1.82, 2.24) is 15.1 Å². The van der Waals surface area contributed by atoms with Crippen molar-refractivity contribution in [3.8, 4) is 0 Å². The molecule has 2 aromatic rings. The van der Waals surface area contributed by atoms with Gasteiger partial charge in [0.25, 0.3) is 0 Å². The summed E-state index contributed by atoms with van der Waals surface area (Å²) in [6, 6.07) is 8.63. The monoisotopic (exact) mass is 305 g/mol. The Bertz CT molecular complexity index is 618. The first-order chi connectivity index (χ1) is 9.93. The van der Waals surface area contributed by atoms with E-state index < -0.39 is 0 Å². The Balaban J connectivity index is 2.22. The largest absolute Gasteiger partial charge is 0.303 e. The molecule has 1 aromatic carbocycles. The summed E-state index contributed by atoms with van der Waals surface area (Å²) in [5, 5.41) is 9.00. The van der Waals surface area contributed by atoms with Crippen LogP contribution < -0.4 is 5.32 Å². The lowest BCUT2D eigenvalue weighted by Crippen LogP contribution is -2.25. The van der Waals surface area contributed by atoms with Crippen molar-refractivity contribution in [2.24, 2.45) is 7.05 Å². The van der Waals surface area contributed by atoms with Gasteiger partial charge in [0, 0.05) is 35.4 Å². The van der Waals surface area contributed by atoms with Crippen LogP contribution in [-0.2, 0) is 7.05 Å². The molecule has 0 aliphatic rings. The van der Waals surface area contributed by atoms with Gasteiger partial charge in [-0.15, -0.1) is 0 Å². The van der Waals surface area contributed by atoms with Gasteiger partial charge in [0.15, 0.2) is 0 Å². The van der Waals surface area contributed by atoms with Gasteiger partial charge in [-0.2, -0.15) is 5.10 Å². The molecule has 0 saturated heterocycles. The second-order valence-electron chi connectivity index (χ2n) is 5.61. The van der Waals surface area contributed by atoms with Crippen LogP contribution in [0, 0.1) is 13.8 Å². The molecule has 0 amide bonds. The number of hydrogen-bond donors (Lipinski definition) is 1. The molecule has 0 spiro atoms. The number of benzene rings is 1. The minimum absolute atomic E-state index is 0.252. The van der Waals surface area contributed by atoms with Crippen LogP contribution in [0.4, 0.5) is 0 Å². The molecule has 2 unspecified atom stereocenters. The lowest BCUT2D eigenvalue weighted by Gasteiger charge is -2.23. The highest BCUT2D eigenvalue weighted by molar-refractivity contribution is 6.30. The molecule has 1 aromatic heterocycles. The second-order valence-corrected chi connectivity index (χ2v) is 6.05. The van der Waals surface area contributed by atoms with Crippen molar-refractivity contribution in [3.63, 3.8) is 0 Å². The van der Waals surface area contributed by atoms with Crippen LogP contribution in [0.5, 0.6) is 0 Å². The number of aromatic nitrogens is 2. The maximum Gasteiger partial charge on any atom is 0.0644 e. The molecule has 0 radical (unpaired) electrons. The van der Waals surface area contributed by atoms with Gasteiger partial charge in [0.05, 0.1) is 5.69 Å². The predicted octanol–water partition coefficient (Wildman–Crippen LogP) is 4.49. The fourth-order valence-electron chi connectivity index (χ4n) is 2.97. The van der Waals surface area contributed by atoms with Crippen LogP contribution >= 0.6 is 11.6 Å². The van der Waals surface area contributed by atoms with Crippen LogP contribution in [0.15, 0.2) is 24.3 Å². The van der Waals surface area contributed by atoms with Crippen molar-refractivity contribution in [1.29, 1.82) is 0 Å². The molecule has 2 atom stereocenters. The molecule has 0 bridgehead atoms. The van der Waals surface area contributed by atoms with Gasteiger partial charge in [-0.25, -0.2) is 0 Å². The molecule has 21 heavy (non-hydrogen) atoms. The normalized spacial score (nSPS) is 14.2. The highest BCUT2D eigenvalue weighted by Crippen LogP contribution is 2.27. The Morgan fingerprint density at radius 1 is 1.33 bits per heavy atom. The number of nitrogens with one attached hydrogen (secondary N) is 1. The lowest BCUT2D eigenvalue weighted by atomic mass is 10.0. The number of hydrogen-bond acceptors (Lipinski definition) is 2. The lowest BCUT2D eigenvalue weighted by molar-refractivity contribution is 0.454. The maximum absolute atomic E-state index is 6.11. The zero-order chi connectivity index (χ0) is 15.6. The van der Waals surface area contributed by atoms with E-state index in [9.17, 15) is 0 Å². The number of nitrogens with zero attached hydrogens (tertiary/aromatic N) is 2. The van der Waals surface area contributed by atoms with Gasteiger partial charge in [0.1, 0.15) is 0 Å². The zero-order valence-corrected chi connectivity index (χ0v) is 14.2. The van der Waals surface area contributed by atoms with Crippen LogP contribution in [0.3, 0.4) is 0 Å². The quantitative estimate of drug-likeness (QED) is 0.882. The molecule has 2 rings (SSSR count). The van der Waals surface area contributed by atoms with Crippen LogP contribution in [0.1, 0.15) is 54.9 Å². The third-order valence-corrected chi connectivity index (χ3v) is 4.34. The van der Waals surface area contributed by atoms with E-state index in [1.54, 1.807) is 0 Å². The molecular weight excluding hydrogens is 282 g/mol. The molecule has 0 fully saturated rings. The van der Waals surface area contributed by atoms with E-state index in [0.29, 0.717) is 0 Å². The van der Waals surface area contributed by atoms with E-state index in [1.165, 1.54) is 16.8 Å². The average molecular weight is 306 g/mol. The van der Waals surface area contributed by atoms with E-state index >= 15 is 0 Å². The number of aryl methyl sites for hydroxylation is 2. The molecule has 0 saturated carbocycles. The Hall–Kier alpha value is -1.32. The van der Waals surface area contributed by atoms with Gasteiger partial charge in [-0.1, -0.05) is 30.7 Å². The van der Waals surface area contributed by atoms with E-state index in [4.69, 9.17) is 11.6 Å². The van der Waals surface area contributed by atoms with Crippen molar-refractivity contribution < 1.29 is 0 Å². The zero-order valence-electron chi connectivity index (χ0n) is 13.4. The fraction of sp³-hybridized carbons (Fsp3) is 0.471. The van der Waals surface area contributed by atoms with E-state index in [1.807, 2.05) is 29.9 Å². The van der Waals surface area contributed by atoms with E-state index in [0.717, 1.165) is 17.1 Å². The number of halogens is 1. The SMILES string of the molecule is CCC(NC(C)c1c(C)nn(C)c1C)c1cccc(Cl)c1. The van der Waals surface area contributed by atoms with Crippen LogP contribution in [0.25, 0.3) is 0 Å². The molecule has 114 valence electrons. The maximum atomic E-state index is 6.11. The summed E-state index contributed by atoms with van der Waals surface area (Å²) in [4.78, 5) is 0.